The van der Waals surface area contributed by atoms with Crippen molar-refractivity contribution < 1.29 is 23.5 Å². The van der Waals surface area contributed by atoms with Gasteiger partial charge < -0.3 is 19.7 Å². The second-order valence-electron chi connectivity index (χ2n) is 9.30. The van der Waals surface area contributed by atoms with Gasteiger partial charge in [0, 0.05) is 62.4 Å². The van der Waals surface area contributed by atoms with Gasteiger partial charge in [-0.1, -0.05) is 0 Å². The van der Waals surface area contributed by atoms with E-state index in [0.717, 1.165) is 0 Å². The predicted octanol–water partition coefficient (Wildman–Crippen LogP) is 1.20. The van der Waals surface area contributed by atoms with Crippen LogP contribution in [-0.2, 0) is 25.6 Å². The minimum absolute atomic E-state index is 0.00541. The SMILES string of the molecule is CC(C)NC(=O)C[C@@H]1CN(Cc2ccncc2F)[C@@H]2CO[C@@H](CC(=O)N3CCOCC3)[C@H]12. The number of nitrogens with zero attached hydrogens (tertiary/aromatic N) is 3. The van der Waals surface area contributed by atoms with Crippen molar-refractivity contribution in [3.63, 3.8) is 0 Å². The molecule has 176 valence electrons. The van der Waals surface area contributed by atoms with E-state index in [9.17, 15) is 14.0 Å². The van der Waals surface area contributed by atoms with Crippen molar-refractivity contribution in [3.8, 4) is 0 Å². The molecule has 3 aliphatic rings. The number of hydrogen-bond acceptors (Lipinski definition) is 6. The summed E-state index contributed by atoms with van der Waals surface area (Å²) < 4.78 is 25.7. The molecule has 0 aromatic carbocycles. The van der Waals surface area contributed by atoms with Crippen molar-refractivity contribution in [1.29, 1.82) is 0 Å². The van der Waals surface area contributed by atoms with Crippen LogP contribution in [0.1, 0.15) is 32.3 Å². The molecule has 0 radical (unpaired) electrons. The van der Waals surface area contributed by atoms with E-state index in [-0.39, 0.29) is 47.7 Å². The Kier molecular flexibility index (Phi) is 7.37. The number of nitrogens with one attached hydrogen (secondary N) is 1. The highest BCUT2D eigenvalue weighted by molar-refractivity contribution is 5.77. The molecule has 32 heavy (non-hydrogen) atoms. The molecule has 1 aromatic heterocycles. The number of pyridine rings is 1. The monoisotopic (exact) mass is 448 g/mol. The van der Waals surface area contributed by atoms with Crippen LogP contribution in [-0.4, -0.2) is 84.2 Å². The van der Waals surface area contributed by atoms with E-state index < -0.39 is 0 Å². The molecule has 2 amide bonds. The third kappa shape index (κ3) is 5.27. The Morgan fingerprint density at radius 3 is 2.78 bits per heavy atom. The first-order valence-corrected chi connectivity index (χ1v) is 11.5. The maximum Gasteiger partial charge on any atom is 0.225 e. The van der Waals surface area contributed by atoms with Crippen LogP contribution in [0.15, 0.2) is 18.5 Å². The van der Waals surface area contributed by atoms with E-state index in [2.05, 4.69) is 15.2 Å². The first kappa shape index (κ1) is 23.1. The molecular formula is C23H33FN4O4. The molecule has 4 rings (SSSR count). The van der Waals surface area contributed by atoms with Crippen LogP contribution in [0, 0.1) is 17.7 Å². The van der Waals surface area contributed by atoms with E-state index in [1.807, 2.05) is 18.7 Å². The minimum atomic E-state index is -0.331. The average Bonchev–Trinajstić information content (AvgIpc) is 3.31. The molecule has 8 nitrogen and oxygen atoms in total. The molecule has 3 aliphatic heterocycles. The molecule has 0 saturated carbocycles. The molecule has 1 aromatic rings. The summed E-state index contributed by atoms with van der Waals surface area (Å²) in [5.74, 6) is -0.145. The summed E-state index contributed by atoms with van der Waals surface area (Å²) in [6, 6.07) is 1.82. The maximum absolute atomic E-state index is 14.2. The van der Waals surface area contributed by atoms with Gasteiger partial charge in [0.25, 0.3) is 0 Å². The van der Waals surface area contributed by atoms with Gasteiger partial charge in [0.15, 0.2) is 0 Å². The normalized spacial score (nSPS) is 28.2. The highest BCUT2D eigenvalue weighted by atomic mass is 19.1. The van der Waals surface area contributed by atoms with E-state index in [4.69, 9.17) is 9.47 Å². The molecule has 9 heteroatoms. The Bertz CT molecular complexity index is 817. The Morgan fingerprint density at radius 2 is 2.06 bits per heavy atom. The summed E-state index contributed by atoms with van der Waals surface area (Å²) in [7, 11) is 0. The van der Waals surface area contributed by atoms with Crippen LogP contribution >= 0.6 is 0 Å². The van der Waals surface area contributed by atoms with Crippen molar-refractivity contribution >= 4 is 11.8 Å². The number of fused-ring (bicyclic) bond motifs is 1. The van der Waals surface area contributed by atoms with Crippen molar-refractivity contribution in [2.45, 2.75) is 51.4 Å². The lowest BCUT2D eigenvalue weighted by molar-refractivity contribution is -0.138. The molecule has 3 saturated heterocycles. The fourth-order valence-electron chi connectivity index (χ4n) is 5.28. The van der Waals surface area contributed by atoms with Gasteiger partial charge in [0.05, 0.1) is 38.5 Å². The number of amides is 2. The van der Waals surface area contributed by atoms with E-state index >= 15 is 0 Å². The lowest BCUT2D eigenvalue weighted by Gasteiger charge is -2.29. The zero-order valence-corrected chi connectivity index (χ0v) is 18.8. The number of aromatic nitrogens is 1. The summed E-state index contributed by atoms with van der Waals surface area (Å²) in [6.07, 6.45) is 3.26. The van der Waals surface area contributed by atoms with E-state index in [1.54, 1.807) is 12.3 Å². The largest absolute Gasteiger partial charge is 0.378 e. The number of rotatable bonds is 7. The predicted molar refractivity (Wildman–Crippen MR) is 115 cm³/mol. The first-order valence-electron chi connectivity index (χ1n) is 11.5. The van der Waals surface area contributed by atoms with Gasteiger partial charge in [-0.3, -0.25) is 19.5 Å². The highest BCUT2D eigenvalue weighted by Gasteiger charge is 2.51. The molecule has 0 bridgehead atoms. The van der Waals surface area contributed by atoms with Crippen LogP contribution in [0.4, 0.5) is 4.39 Å². The van der Waals surface area contributed by atoms with Crippen molar-refractivity contribution in [3.05, 3.63) is 29.8 Å². The fraction of sp³-hybridized carbons (Fsp3) is 0.696. The number of hydrogen-bond donors (Lipinski definition) is 1. The zero-order valence-electron chi connectivity index (χ0n) is 18.8. The average molecular weight is 449 g/mol. The molecule has 0 spiro atoms. The topological polar surface area (TPSA) is 84.0 Å². The van der Waals surface area contributed by atoms with Gasteiger partial charge in [0.1, 0.15) is 5.82 Å². The third-order valence-electron chi connectivity index (χ3n) is 6.70. The van der Waals surface area contributed by atoms with Crippen molar-refractivity contribution in [2.75, 3.05) is 39.5 Å². The Hall–Kier alpha value is -2.10. The van der Waals surface area contributed by atoms with E-state index in [0.29, 0.717) is 64.4 Å². The van der Waals surface area contributed by atoms with Crippen LogP contribution in [0.2, 0.25) is 0 Å². The van der Waals surface area contributed by atoms with Gasteiger partial charge in [0.2, 0.25) is 11.8 Å². The number of carbonyl (C=O) groups excluding carboxylic acids is 2. The number of halogens is 1. The maximum atomic E-state index is 14.2. The lowest BCUT2D eigenvalue weighted by atomic mass is 9.84. The van der Waals surface area contributed by atoms with Crippen LogP contribution in [0.3, 0.4) is 0 Å². The number of likely N-dealkylation sites (tertiary alicyclic amines) is 1. The van der Waals surface area contributed by atoms with Gasteiger partial charge >= 0.3 is 0 Å². The molecular weight excluding hydrogens is 415 g/mol. The third-order valence-corrected chi connectivity index (χ3v) is 6.70. The van der Waals surface area contributed by atoms with Crippen LogP contribution in [0.25, 0.3) is 0 Å². The molecule has 4 heterocycles. The van der Waals surface area contributed by atoms with Crippen molar-refractivity contribution in [1.82, 2.24) is 20.1 Å². The summed E-state index contributed by atoms with van der Waals surface area (Å²) in [5, 5.41) is 2.97. The van der Waals surface area contributed by atoms with E-state index in [1.165, 1.54) is 6.20 Å². The Balaban J connectivity index is 1.48. The zero-order chi connectivity index (χ0) is 22.7. The second-order valence-corrected chi connectivity index (χ2v) is 9.30. The minimum Gasteiger partial charge on any atom is -0.378 e. The fourth-order valence-corrected chi connectivity index (χ4v) is 5.28. The number of carbonyl (C=O) groups is 2. The summed E-state index contributed by atoms with van der Waals surface area (Å²) in [5.41, 5.74) is 0.582. The Morgan fingerprint density at radius 1 is 1.28 bits per heavy atom. The summed E-state index contributed by atoms with van der Waals surface area (Å²) >= 11 is 0. The van der Waals surface area contributed by atoms with Gasteiger partial charge in [-0.2, -0.15) is 0 Å². The first-order chi connectivity index (χ1) is 15.4. The molecule has 4 atom stereocenters. The number of ether oxygens (including phenoxy) is 2. The van der Waals surface area contributed by atoms with Crippen LogP contribution in [0.5, 0.6) is 0 Å². The van der Waals surface area contributed by atoms with Gasteiger partial charge in [-0.25, -0.2) is 4.39 Å². The summed E-state index contributed by atoms with van der Waals surface area (Å²) in [6.45, 7) is 7.81. The summed E-state index contributed by atoms with van der Waals surface area (Å²) in [4.78, 5) is 33.3. The molecule has 0 unspecified atom stereocenters. The Labute approximate surface area is 188 Å². The molecule has 1 N–H and O–H groups in total. The second kappa shape index (κ2) is 10.2. The highest BCUT2D eigenvalue weighted by Crippen LogP contribution is 2.42. The standard InChI is InChI=1S/C23H33FN4O4/c1-15(2)26-21(29)9-17-13-28(12-16-3-4-25-11-18(16)24)19-14-32-20(23(17)19)10-22(30)27-5-7-31-8-6-27/h3-4,11,15,17,19-20,23H,5-10,12-14H2,1-2H3,(H,26,29)/t17-,19-,20+,23-/m1/s1. The quantitative estimate of drug-likeness (QED) is 0.675. The lowest BCUT2D eigenvalue weighted by Crippen LogP contribution is -2.43. The smallest absolute Gasteiger partial charge is 0.225 e. The molecule has 0 aliphatic carbocycles. The van der Waals surface area contributed by atoms with Gasteiger partial charge in [-0.15, -0.1) is 0 Å². The van der Waals surface area contributed by atoms with Crippen molar-refractivity contribution in [2.24, 2.45) is 11.8 Å². The number of morpholine rings is 1. The van der Waals surface area contributed by atoms with Gasteiger partial charge in [-0.05, 0) is 25.8 Å². The molecule has 3 fully saturated rings. The van der Waals surface area contributed by atoms with Crippen LogP contribution < -0.4 is 5.32 Å².